The topological polar surface area (TPSA) is 84.0 Å². The largest absolute Gasteiger partial charge is 0.452 e. The molecule has 1 heterocycles. The molecule has 0 radical (unpaired) electrons. The van der Waals surface area contributed by atoms with Gasteiger partial charge in [0, 0.05) is 32.3 Å². The van der Waals surface area contributed by atoms with Crippen LogP contribution >= 0.6 is 0 Å². The molecular formula is C22H32N2O5S. The molecule has 1 aromatic carbocycles. The second-order valence-electron chi connectivity index (χ2n) is 7.84. The van der Waals surface area contributed by atoms with E-state index in [2.05, 4.69) is 13.8 Å². The van der Waals surface area contributed by atoms with Gasteiger partial charge in [0.2, 0.25) is 10.0 Å². The van der Waals surface area contributed by atoms with Crippen LogP contribution in [0.1, 0.15) is 39.7 Å². The van der Waals surface area contributed by atoms with Crippen molar-refractivity contribution in [3.8, 4) is 0 Å². The first kappa shape index (κ1) is 24.1. The summed E-state index contributed by atoms with van der Waals surface area (Å²) in [5.41, 5.74) is 0.662. The third-order valence-corrected chi connectivity index (χ3v) is 7.26. The number of esters is 1. The molecular weight excluding hydrogens is 404 g/mol. The van der Waals surface area contributed by atoms with E-state index in [-0.39, 0.29) is 17.4 Å². The Bertz CT molecular complexity index is 850. The Balaban J connectivity index is 1.90. The Morgan fingerprint density at radius 2 is 1.67 bits per heavy atom. The van der Waals surface area contributed by atoms with E-state index >= 15 is 0 Å². The third-order valence-electron chi connectivity index (χ3n) is 5.19. The van der Waals surface area contributed by atoms with Crippen LogP contribution in [0, 0.1) is 11.8 Å². The number of sulfonamides is 1. The number of carbonyl (C=O) groups excluding carboxylic acids is 2. The van der Waals surface area contributed by atoms with Crippen molar-refractivity contribution in [1.82, 2.24) is 9.21 Å². The molecule has 1 aliphatic heterocycles. The summed E-state index contributed by atoms with van der Waals surface area (Å²) in [6.45, 7) is 9.73. The van der Waals surface area contributed by atoms with Crippen LogP contribution in [0.25, 0.3) is 6.08 Å². The Labute approximate surface area is 179 Å². The van der Waals surface area contributed by atoms with Gasteiger partial charge in [0.25, 0.3) is 5.91 Å². The molecule has 8 heteroatoms. The van der Waals surface area contributed by atoms with Crippen molar-refractivity contribution in [2.75, 3.05) is 32.8 Å². The SMILES string of the molecule is CCN(CC)S(=O)(=O)c1ccc(C=CC(=O)OCC(=O)N2CC(C)CC(C)C2)cc1. The predicted octanol–water partition coefficient (Wildman–Crippen LogP) is 2.78. The standard InChI is InChI=1S/C22H32N2O5S/c1-5-24(6-2)30(27,28)20-10-7-19(8-11-20)9-12-22(26)29-16-21(25)23-14-17(3)13-18(4)15-23/h7-12,17-18H,5-6,13-16H2,1-4H3. The molecule has 2 rings (SSSR count). The number of hydrogen-bond donors (Lipinski definition) is 0. The minimum atomic E-state index is -3.51. The van der Waals surface area contributed by atoms with Crippen LogP contribution in [-0.2, 0) is 24.3 Å². The first-order chi connectivity index (χ1) is 14.2. The maximum atomic E-state index is 12.5. The van der Waals surface area contributed by atoms with Crippen molar-refractivity contribution < 1.29 is 22.7 Å². The molecule has 1 amide bonds. The van der Waals surface area contributed by atoms with Crippen LogP contribution in [0.15, 0.2) is 35.2 Å². The number of benzene rings is 1. The van der Waals surface area contributed by atoms with Crippen LogP contribution < -0.4 is 0 Å². The van der Waals surface area contributed by atoms with E-state index < -0.39 is 16.0 Å². The van der Waals surface area contributed by atoms with Crippen molar-refractivity contribution in [3.05, 3.63) is 35.9 Å². The number of nitrogens with zero attached hydrogens (tertiary/aromatic N) is 2. The Kier molecular flexibility index (Phi) is 8.61. The van der Waals surface area contributed by atoms with Gasteiger partial charge in [-0.25, -0.2) is 13.2 Å². The molecule has 0 aromatic heterocycles. The fourth-order valence-corrected chi connectivity index (χ4v) is 5.22. The number of amides is 1. The summed E-state index contributed by atoms with van der Waals surface area (Å²) in [4.78, 5) is 26.2. The lowest BCUT2D eigenvalue weighted by molar-refractivity contribution is -0.149. The normalized spacial score (nSPS) is 20.0. The zero-order valence-electron chi connectivity index (χ0n) is 18.2. The fraction of sp³-hybridized carbons (Fsp3) is 0.545. The molecule has 166 valence electrons. The molecule has 1 saturated heterocycles. The quantitative estimate of drug-likeness (QED) is 0.462. The average Bonchev–Trinajstić information content (AvgIpc) is 2.70. The highest BCUT2D eigenvalue weighted by molar-refractivity contribution is 7.89. The van der Waals surface area contributed by atoms with Gasteiger partial charge in [0.15, 0.2) is 6.61 Å². The molecule has 0 N–H and O–H groups in total. The zero-order chi connectivity index (χ0) is 22.3. The van der Waals surface area contributed by atoms with Gasteiger partial charge < -0.3 is 9.64 Å². The summed E-state index contributed by atoms with van der Waals surface area (Å²) >= 11 is 0. The summed E-state index contributed by atoms with van der Waals surface area (Å²) < 4.78 is 31.4. The molecule has 0 saturated carbocycles. The van der Waals surface area contributed by atoms with Crippen LogP contribution in [0.5, 0.6) is 0 Å². The van der Waals surface area contributed by atoms with Gasteiger partial charge in [0.1, 0.15) is 0 Å². The molecule has 1 aliphatic rings. The molecule has 0 bridgehead atoms. The third kappa shape index (κ3) is 6.40. The highest BCUT2D eigenvalue weighted by Crippen LogP contribution is 2.21. The number of hydrogen-bond acceptors (Lipinski definition) is 5. The summed E-state index contributed by atoms with van der Waals surface area (Å²) in [5.74, 6) is 0.103. The second-order valence-corrected chi connectivity index (χ2v) is 9.78. The van der Waals surface area contributed by atoms with Crippen LogP contribution in [0.4, 0.5) is 0 Å². The van der Waals surface area contributed by atoms with Crippen LogP contribution in [0.2, 0.25) is 0 Å². The lowest BCUT2D eigenvalue weighted by atomic mass is 9.92. The molecule has 30 heavy (non-hydrogen) atoms. The van der Waals surface area contributed by atoms with Gasteiger partial charge in [-0.05, 0) is 42.0 Å². The molecule has 7 nitrogen and oxygen atoms in total. The van der Waals surface area contributed by atoms with Crippen molar-refractivity contribution in [2.24, 2.45) is 11.8 Å². The Hall–Kier alpha value is -2.19. The Morgan fingerprint density at radius 3 is 2.20 bits per heavy atom. The molecule has 1 aromatic rings. The maximum absolute atomic E-state index is 12.5. The van der Waals surface area contributed by atoms with E-state index in [0.29, 0.717) is 43.6 Å². The van der Waals surface area contributed by atoms with E-state index in [1.807, 2.05) is 0 Å². The monoisotopic (exact) mass is 436 g/mol. The fourth-order valence-electron chi connectivity index (χ4n) is 3.77. The maximum Gasteiger partial charge on any atom is 0.331 e. The van der Waals surface area contributed by atoms with Crippen LogP contribution in [0.3, 0.4) is 0 Å². The van der Waals surface area contributed by atoms with E-state index in [1.54, 1.807) is 30.9 Å². The average molecular weight is 437 g/mol. The van der Waals surface area contributed by atoms with Crippen molar-refractivity contribution in [1.29, 1.82) is 0 Å². The van der Waals surface area contributed by atoms with Crippen molar-refractivity contribution in [3.63, 3.8) is 0 Å². The van der Waals surface area contributed by atoms with Crippen LogP contribution in [-0.4, -0.2) is 62.3 Å². The highest BCUT2D eigenvalue weighted by atomic mass is 32.2. The lowest BCUT2D eigenvalue weighted by Gasteiger charge is -2.34. The second kappa shape index (κ2) is 10.7. The number of likely N-dealkylation sites (tertiary alicyclic amines) is 1. The number of rotatable bonds is 8. The van der Waals surface area contributed by atoms with Gasteiger partial charge in [-0.3, -0.25) is 4.79 Å². The summed E-state index contributed by atoms with van der Waals surface area (Å²) in [7, 11) is -3.51. The summed E-state index contributed by atoms with van der Waals surface area (Å²) in [6, 6.07) is 6.28. The Morgan fingerprint density at radius 1 is 1.10 bits per heavy atom. The first-order valence-corrected chi connectivity index (χ1v) is 11.8. The van der Waals surface area contributed by atoms with Gasteiger partial charge in [0.05, 0.1) is 4.90 Å². The summed E-state index contributed by atoms with van der Waals surface area (Å²) in [5, 5.41) is 0. The van der Waals surface area contributed by atoms with Gasteiger partial charge >= 0.3 is 5.97 Å². The van der Waals surface area contributed by atoms with Gasteiger partial charge in [-0.15, -0.1) is 0 Å². The van der Waals surface area contributed by atoms with Gasteiger partial charge in [-0.2, -0.15) is 4.31 Å². The molecule has 0 spiro atoms. The van der Waals surface area contributed by atoms with Crippen molar-refractivity contribution >= 4 is 28.0 Å². The minimum Gasteiger partial charge on any atom is -0.452 e. The van der Waals surface area contributed by atoms with E-state index in [0.717, 1.165) is 6.42 Å². The minimum absolute atomic E-state index is 0.180. The molecule has 0 aliphatic carbocycles. The highest BCUT2D eigenvalue weighted by Gasteiger charge is 2.25. The van der Waals surface area contributed by atoms with Gasteiger partial charge in [-0.1, -0.05) is 39.8 Å². The predicted molar refractivity (Wildman–Crippen MR) is 116 cm³/mol. The van der Waals surface area contributed by atoms with E-state index in [9.17, 15) is 18.0 Å². The number of ether oxygens (including phenoxy) is 1. The van der Waals surface area contributed by atoms with Crippen molar-refractivity contribution in [2.45, 2.75) is 39.0 Å². The van der Waals surface area contributed by atoms with E-state index in [1.165, 1.54) is 28.6 Å². The first-order valence-electron chi connectivity index (χ1n) is 10.4. The number of piperidine rings is 1. The smallest absolute Gasteiger partial charge is 0.331 e. The van der Waals surface area contributed by atoms with E-state index in [4.69, 9.17) is 4.74 Å². The molecule has 2 atom stereocenters. The zero-order valence-corrected chi connectivity index (χ0v) is 19.0. The number of carbonyl (C=O) groups is 2. The summed E-state index contributed by atoms with van der Waals surface area (Å²) in [6.07, 6.45) is 3.87. The lowest BCUT2D eigenvalue weighted by Crippen LogP contribution is -2.44. The molecule has 1 fully saturated rings. The molecule has 2 unspecified atom stereocenters.